The number of nitrogens with zero attached hydrogens (tertiary/aromatic N) is 3. The first-order chi connectivity index (χ1) is 13.8. The molecule has 11 heteroatoms. The lowest BCUT2D eigenvalue weighted by Gasteiger charge is -2.07. The molecule has 29 heavy (non-hydrogen) atoms. The highest BCUT2D eigenvalue weighted by molar-refractivity contribution is 7.88. The Kier molecular flexibility index (Phi) is 6.09. The Bertz CT molecular complexity index is 1090. The molecule has 0 N–H and O–H groups in total. The Morgan fingerprint density at radius 2 is 1.90 bits per heavy atom. The largest absolute Gasteiger partial charge is 0.457 e. The van der Waals surface area contributed by atoms with E-state index in [1.165, 1.54) is 50.5 Å². The van der Waals surface area contributed by atoms with Gasteiger partial charge in [0.1, 0.15) is 18.2 Å². The first-order valence-electron chi connectivity index (χ1n) is 8.51. The summed E-state index contributed by atoms with van der Waals surface area (Å²) in [6.07, 6.45) is 0.139. The van der Waals surface area contributed by atoms with Crippen LogP contribution in [0.25, 0.3) is 11.4 Å². The summed E-state index contributed by atoms with van der Waals surface area (Å²) < 4.78 is 53.2. The van der Waals surface area contributed by atoms with Crippen molar-refractivity contribution in [3.63, 3.8) is 0 Å². The molecule has 0 aliphatic rings. The molecule has 3 aromatic rings. The van der Waals surface area contributed by atoms with Crippen LogP contribution in [0.15, 0.2) is 50.4 Å². The lowest BCUT2D eigenvalue weighted by molar-refractivity contribution is -0.145. The van der Waals surface area contributed by atoms with Crippen molar-refractivity contribution in [2.75, 3.05) is 14.1 Å². The van der Waals surface area contributed by atoms with E-state index in [0.29, 0.717) is 11.4 Å². The maximum absolute atomic E-state index is 13.0. The third kappa shape index (κ3) is 5.06. The van der Waals surface area contributed by atoms with Crippen molar-refractivity contribution in [1.29, 1.82) is 0 Å². The molecule has 154 valence electrons. The predicted molar refractivity (Wildman–Crippen MR) is 97.4 cm³/mol. The summed E-state index contributed by atoms with van der Waals surface area (Å²) in [5.41, 5.74) is 0.588. The number of ether oxygens (including phenoxy) is 1. The number of benzene rings is 1. The Hall–Kier alpha value is -3.05. The lowest BCUT2D eigenvalue weighted by Crippen LogP contribution is -2.21. The molecule has 0 bridgehead atoms. The Morgan fingerprint density at radius 1 is 1.17 bits per heavy atom. The second kappa shape index (κ2) is 8.53. The number of rotatable bonds is 8. The molecule has 1 aromatic carbocycles. The molecule has 0 aliphatic heterocycles. The number of carbonyl (C=O) groups excluding carboxylic acids is 1. The van der Waals surface area contributed by atoms with E-state index in [0.717, 1.165) is 4.31 Å². The van der Waals surface area contributed by atoms with Crippen molar-refractivity contribution in [3.8, 4) is 11.4 Å². The topological polar surface area (TPSA) is 116 Å². The maximum Gasteiger partial charge on any atom is 0.306 e. The van der Waals surface area contributed by atoms with Crippen LogP contribution < -0.4 is 0 Å². The highest BCUT2D eigenvalue weighted by atomic mass is 32.2. The fraction of sp³-hybridized carbons (Fsp3) is 0.278. The van der Waals surface area contributed by atoms with Crippen LogP contribution in [0.4, 0.5) is 4.39 Å². The van der Waals surface area contributed by atoms with E-state index in [-0.39, 0.29) is 42.0 Å². The Balaban J connectivity index is 1.50. The van der Waals surface area contributed by atoms with Crippen molar-refractivity contribution >= 4 is 16.0 Å². The van der Waals surface area contributed by atoms with Crippen LogP contribution in [0.2, 0.25) is 0 Å². The van der Waals surface area contributed by atoms with Gasteiger partial charge in [0.2, 0.25) is 16.8 Å². The number of hydrogen-bond acceptors (Lipinski definition) is 8. The SMILES string of the molecule is CN(C)S(=O)(=O)c1ccc(COC(=O)CCc2nc(-c3ccc(F)cc3)no2)o1. The van der Waals surface area contributed by atoms with Crippen LogP contribution in [-0.4, -0.2) is 42.9 Å². The molecule has 0 spiro atoms. The molecule has 0 saturated heterocycles. The minimum atomic E-state index is -3.69. The number of halogens is 1. The van der Waals surface area contributed by atoms with Crippen molar-refractivity contribution < 1.29 is 31.3 Å². The van der Waals surface area contributed by atoms with Gasteiger partial charge in [-0.25, -0.2) is 17.1 Å². The highest BCUT2D eigenvalue weighted by Gasteiger charge is 2.22. The molecule has 9 nitrogen and oxygen atoms in total. The minimum absolute atomic E-state index is 0.0192. The number of aryl methyl sites for hydroxylation is 1. The molecule has 0 radical (unpaired) electrons. The van der Waals surface area contributed by atoms with Crippen molar-refractivity contribution in [2.24, 2.45) is 0 Å². The van der Waals surface area contributed by atoms with Gasteiger partial charge < -0.3 is 13.7 Å². The fourth-order valence-electron chi connectivity index (χ4n) is 2.26. The van der Waals surface area contributed by atoms with E-state index in [4.69, 9.17) is 13.7 Å². The van der Waals surface area contributed by atoms with Gasteiger partial charge >= 0.3 is 5.97 Å². The third-order valence-corrected chi connectivity index (χ3v) is 5.55. The Morgan fingerprint density at radius 3 is 2.59 bits per heavy atom. The fourth-order valence-corrected chi connectivity index (χ4v) is 3.07. The van der Waals surface area contributed by atoms with Crippen LogP contribution in [0.1, 0.15) is 18.1 Å². The second-order valence-corrected chi connectivity index (χ2v) is 8.27. The monoisotopic (exact) mass is 423 g/mol. The van der Waals surface area contributed by atoms with Crippen molar-refractivity contribution in [2.45, 2.75) is 24.5 Å². The molecule has 0 amide bonds. The van der Waals surface area contributed by atoms with Gasteiger partial charge in [-0.1, -0.05) is 5.16 Å². The van der Waals surface area contributed by atoms with Crippen molar-refractivity contribution in [3.05, 3.63) is 53.9 Å². The summed E-state index contributed by atoms with van der Waals surface area (Å²) in [4.78, 5) is 16.0. The van der Waals surface area contributed by atoms with Crippen LogP contribution in [-0.2, 0) is 32.6 Å². The number of esters is 1. The third-order valence-electron chi connectivity index (χ3n) is 3.86. The smallest absolute Gasteiger partial charge is 0.306 e. The normalized spacial score (nSPS) is 11.7. The predicted octanol–water partition coefficient (Wildman–Crippen LogP) is 2.40. The summed E-state index contributed by atoms with van der Waals surface area (Å²) in [6.45, 7) is -0.202. The van der Waals surface area contributed by atoms with E-state index in [9.17, 15) is 17.6 Å². The zero-order valence-electron chi connectivity index (χ0n) is 15.7. The lowest BCUT2D eigenvalue weighted by atomic mass is 10.2. The molecule has 2 heterocycles. The van der Waals surface area contributed by atoms with Gasteiger partial charge in [-0.05, 0) is 36.4 Å². The van der Waals surface area contributed by atoms with E-state index in [1.807, 2.05) is 0 Å². The summed E-state index contributed by atoms with van der Waals surface area (Å²) in [5, 5.41) is 3.56. The van der Waals surface area contributed by atoms with Crippen LogP contribution in [0, 0.1) is 5.82 Å². The number of aromatic nitrogens is 2. The average Bonchev–Trinajstić information content (AvgIpc) is 3.35. The van der Waals surface area contributed by atoms with E-state index in [2.05, 4.69) is 10.1 Å². The molecule has 0 aliphatic carbocycles. The maximum atomic E-state index is 13.0. The van der Waals surface area contributed by atoms with Crippen molar-refractivity contribution in [1.82, 2.24) is 14.4 Å². The van der Waals surface area contributed by atoms with Gasteiger partial charge in [-0.3, -0.25) is 4.79 Å². The number of sulfonamides is 1. The molecule has 3 rings (SSSR count). The Labute approximate surface area is 166 Å². The van der Waals surface area contributed by atoms with Gasteiger partial charge in [0, 0.05) is 26.1 Å². The van der Waals surface area contributed by atoms with Gasteiger partial charge in [-0.15, -0.1) is 0 Å². The van der Waals surface area contributed by atoms with Gasteiger partial charge in [0.05, 0.1) is 6.42 Å². The molecule has 0 atom stereocenters. The van der Waals surface area contributed by atoms with Gasteiger partial charge in [0.15, 0.2) is 0 Å². The summed E-state index contributed by atoms with van der Waals surface area (Å²) in [7, 11) is -0.915. The standard InChI is InChI=1S/C18H18FN3O6S/c1-22(2)29(24,25)17-10-7-14(27-17)11-26-16(23)9-8-15-20-18(21-28-15)12-3-5-13(19)6-4-12/h3-7,10H,8-9,11H2,1-2H3. The molecular weight excluding hydrogens is 405 g/mol. The van der Waals surface area contributed by atoms with Crippen LogP contribution in [0.5, 0.6) is 0 Å². The first-order valence-corrected chi connectivity index (χ1v) is 9.95. The zero-order valence-corrected chi connectivity index (χ0v) is 16.5. The number of hydrogen-bond donors (Lipinski definition) is 0. The summed E-state index contributed by atoms with van der Waals surface area (Å²) in [5.74, 6) is -0.185. The van der Waals surface area contributed by atoms with E-state index in [1.54, 1.807) is 0 Å². The number of carbonyl (C=O) groups is 1. The van der Waals surface area contributed by atoms with E-state index >= 15 is 0 Å². The average molecular weight is 423 g/mol. The molecule has 0 saturated carbocycles. The summed E-state index contributed by atoms with van der Waals surface area (Å²) in [6, 6.07) is 8.34. The quantitative estimate of drug-likeness (QED) is 0.507. The highest BCUT2D eigenvalue weighted by Crippen LogP contribution is 2.18. The second-order valence-electron chi connectivity index (χ2n) is 6.19. The van der Waals surface area contributed by atoms with Gasteiger partial charge in [-0.2, -0.15) is 4.98 Å². The molecule has 0 fully saturated rings. The zero-order chi connectivity index (χ0) is 21.0. The molecular formula is C18H18FN3O6S. The van der Waals surface area contributed by atoms with Gasteiger partial charge in [0.25, 0.3) is 10.0 Å². The first kappa shape index (κ1) is 20.7. The van der Waals surface area contributed by atoms with E-state index < -0.39 is 16.0 Å². The van der Waals surface area contributed by atoms with Crippen LogP contribution >= 0.6 is 0 Å². The molecule has 2 aromatic heterocycles. The number of furan rings is 1. The summed E-state index contributed by atoms with van der Waals surface area (Å²) >= 11 is 0. The molecule has 0 unspecified atom stereocenters. The van der Waals surface area contributed by atoms with Crippen LogP contribution in [0.3, 0.4) is 0 Å². The minimum Gasteiger partial charge on any atom is -0.457 e.